The Morgan fingerprint density at radius 2 is 0.769 bits per heavy atom. The third kappa shape index (κ3) is 5.47. The average Bonchev–Trinajstić information content (AvgIpc) is 4.15. The number of furan rings is 1. The number of benzene rings is 10. The summed E-state index contributed by atoms with van der Waals surface area (Å²) in [4.78, 5) is 0. The van der Waals surface area contributed by atoms with Gasteiger partial charge < -0.3 is 4.42 Å². The molecule has 14 rings (SSSR count). The number of fused-ring (bicyclic) bond motifs is 12. The molecule has 1 nitrogen and oxygen atoms in total. The number of hydrogen-bond donors (Lipinski definition) is 0. The summed E-state index contributed by atoms with van der Waals surface area (Å²) in [7, 11) is -3.01. The number of thiophene rings is 3. The summed E-state index contributed by atoms with van der Waals surface area (Å²) in [6.07, 6.45) is 0. The van der Waals surface area contributed by atoms with Crippen LogP contribution < -0.4 is 20.7 Å². The standard InChI is InChI=1S/C60H36OS3Si/c1-3-15-39(16-4-1)65(40-17-5-2-6-18-40,55-29-13-25-47-49-35-37(31-33-53(49)63-59(47)55)41-21-11-23-45-43-19-7-9-27-51(43)61-57(41)45)56-30-14-26-48-50-36-38(32-34-54(50)64-60(48)56)42-22-12-24-46-44-20-8-10-28-52(44)62-58(42)46/h1-36H. The molecule has 0 saturated heterocycles. The second-order valence-electron chi connectivity index (χ2n) is 17.0. The van der Waals surface area contributed by atoms with Crippen LogP contribution in [0.15, 0.2) is 223 Å². The van der Waals surface area contributed by atoms with Gasteiger partial charge in [-0.3, -0.25) is 0 Å². The van der Waals surface area contributed by atoms with Gasteiger partial charge in [0.05, 0.1) is 0 Å². The Morgan fingerprint density at radius 3 is 1.42 bits per heavy atom. The summed E-state index contributed by atoms with van der Waals surface area (Å²) >= 11 is 5.79. The van der Waals surface area contributed by atoms with Crippen LogP contribution in [0.25, 0.3) is 105 Å². The lowest BCUT2D eigenvalue weighted by molar-refractivity contribution is 0.670. The zero-order chi connectivity index (χ0) is 42.6. The van der Waals surface area contributed by atoms with E-state index in [0.29, 0.717) is 0 Å². The maximum Gasteiger partial charge on any atom is 0.182 e. The highest BCUT2D eigenvalue weighted by Gasteiger charge is 2.44. The van der Waals surface area contributed by atoms with Gasteiger partial charge in [0.1, 0.15) is 11.2 Å². The van der Waals surface area contributed by atoms with E-state index in [9.17, 15) is 0 Å². The van der Waals surface area contributed by atoms with Crippen LogP contribution in [0.5, 0.6) is 0 Å². The van der Waals surface area contributed by atoms with Gasteiger partial charge in [-0.15, -0.1) is 34.0 Å². The summed E-state index contributed by atoms with van der Waals surface area (Å²) in [6.45, 7) is 0. The van der Waals surface area contributed by atoms with Crippen LogP contribution in [0.3, 0.4) is 0 Å². The van der Waals surface area contributed by atoms with Crippen LogP contribution in [0, 0.1) is 0 Å². The fraction of sp³-hybridized carbons (Fsp3) is 0. The first-order valence-corrected chi connectivity index (χ1v) is 26.5. The zero-order valence-electron chi connectivity index (χ0n) is 34.9. The second kappa shape index (κ2) is 14.4. The van der Waals surface area contributed by atoms with Crippen LogP contribution in [-0.4, -0.2) is 8.07 Å². The molecule has 0 radical (unpaired) electrons. The van der Waals surface area contributed by atoms with Crippen molar-refractivity contribution in [3.8, 4) is 22.3 Å². The summed E-state index contributed by atoms with van der Waals surface area (Å²) in [5, 5.41) is 15.8. The molecular formula is C60H36OS3Si. The Hall–Kier alpha value is -7.12. The van der Waals surface area contributed by atoms with Crippen molar-refractivity contribution in [2.24, 2.45) is 0 Å². The van der Waals surface area contributed by atoms with Crippen molar-refractivity contribution in [1.29, 1.82) is 0 Å². The third-order valence-corrected chi connectivity index (χ3v) is 22.5. The topological polar surface area (TPSA) is 13.1 Å². The molecule has 0 N–H and O–H groups in total. The number of rotatable bonds is 6. The van der Waals surface area contributed by atoms with Gasteiger partial charge in [-0.2, -0.15) is 0 Å². The molecule has 0 bridgehead atoms. The molecule has 10 aromatic carbocycles. The van der Waals surface area contributed by atoms with Crippen molar-refractivity contribution in [3.05, 3.63) is 218 Å². The van der Waals surface area contributed by atoms with Crippen LogP contribution in [0.4, 0.5) is 0 Å². The average molecular weight is 897 g/mol. The molecule has 4 heterocycles. The lowest BCUT2D eigenvalue weighted by Crippen LogP contribution is -2.74. The maximum absolute atomic E-state index is 6.55. The van der Waals surface area contributed by atoms with Crippen LogP contribution in [0.2, 0.25) is 0 Å². The molecular weight excluding hydrogens is 861 g/mol. The summed E-state index contributed by atoms with van der Waals surface area (Å²) in [5.41, 5.74) is 6.71. The first kappa shape index (κ1) is 37.3. The molecule has 4 aromatic heterocycles. The highest BCUT2D eigenvalue weighted by Crippen LogP contribution is 2.44. The summed E-state index contributed by atoms with van der Waals surface area (Å²) in [5.74, 6) is 0. The molecule has 304 valence electrons. The van der Waals surface area contributed by atoms with Gasteiger partial charge >= 0.3 is 0 Å². The van der Waals surface area contributed by atoms with E-state index in [2.05, 4.69) is 212 Å². The van der Waals surface area contributed by atoms with Crippen molar-refractivity contribution in [1.82, 2.24) is 0 Å². The van der Waals surface area contributed by atoms with Crippen LogP contribution in [0.1, 0.15) is 0 Å². The minimum atomic E-state index is -3.01. The Kier molecular flexibility index (Phi) is 8.28. The van der Waals surface area contributed by atoms with E-state index in [0.717, 1.165) is 27.5 Å². The second-order valence-corrected chi connectivity index (χ2v) is 23.9. The van der Waals surface area contributed by atoms with E-state index < -0.39 is 8.07 Å². The van der Waals surface area contributed by atoms with Gasteiger partial charge in [0.15, 0.2) is 8.07 Å². The molecule has 0 aliphatic rings. The molecule has 0 amide bonds. The monoisotopic (exact) mass is 896 g/mol. The molecule has 0 spiro atoms. The smallest absolute Gasteiger partial charge is 0.182 e. The predicted octanol–water partition coefficient (Wildman–Crippen LogP) is 15.4. The molecule has 0 fully saturated rings. The van der Waals surface area contributed by atoms with E-state index in [1.807, 2.05) is 40.1 Å². The quantitative estimate of drug-likeness (QED) is 0.120. The fourth-order valence-corrected chi connectivity index (χ4v) is 20.3. The molecule has 5 heteroatoms. The molecule has 65 heavy (non-hydrogen) atoms. The zero-order valence-corrected chi connectivity index (χ0v) is 38.4. The highest BCUT2D eigenvalue weighted by atomic mass is 32.1. The van der Waals surface area contributed by atoms with Gasteiger partial charge in [-0.25, -0.2) is 0 Å². The van der Waals surface area contributed by atoms with Crippen molar-refractivity contribution >= 4 is 145 Å². The lowest BCUT2D eigenvalue weighted by atomic mass is 10.0. The van der Waals surface area contributed by atoms with Crippen molar-refractivity contribution in [3.63, 3.8) is 0 Å². The predicted molar refractivity (Wildman–Crippen MR) is 287 cm³/mol. The van der Waals surface area contributed by atoms with E-state index in [4.69, 9.17) is 4.42 Å². The molecule has 0 saturated carbocycles. The lowest BCUT2D eigenvalue weighted by Gasteiger charge is -2.35. The highest BCUT2D eigenvalue weighted by molar-refractivity contribution is 7.33. The Balaban J connectivity index is 1.02. The molecule has 14 aromatic rings. The minimum absolute atomic E-state index is 0.920. The normalized spacial score (nSPS) is 12.3. The van der Waals surface area contributed by atoms with Gasteiger partial charge in [-0.1, -0.05) is 182 Å². The van der Waals surface area contributed by atoms with E-state index in [-0.39, 0.29) is 0 Å². The van der Waals surface area contributed by atoms with Gasteiger partial charge in [0.25, 0.3) is 0 Å². The molecule has 0 unspecified atom stereocenters. The Morgan fingerprint density at radius 1 is 0.308 bits per heavy atom. The van der Waals surface area contributed by atoms with Crippen LogP contribution >= 0.6 is 34.0 Å². The molecule has 0 atom stereocenters. The number of para-hydroxylation sites is 2. The minimum Gasteiger partial charge on any atom is -0.455 e. The first-order chi connectivity index (χ1) is 32.2. The maximum atomic E-state index is 6.55. The van der Waals surface area contributed by atoms with Crippen LogP contribution in [-0.2, 0) is 0 Å². The Labute approximate surface area is 387 Å². The summed E-state index contributed by atoms with van der Waals surface area (Å²) < 4.78 is 14.6. The van der Waals surface area contributed by atoms with E-state index in [1.54, 1.807) is 0 Å². The van der Waals surface area contributed by atoms with Crippen molar-refractivity contribution in [2.75, 3.05) is 0 Å². The number of hydrogen-bond acceptors (Lipinski definition) is 4. The summed E-state index contributed by atoms with van der Waals surface area (Å²) in [6, 6.07) is 81.8. The SMILES string of the molecule is c1ccc([Si](c2ccccc2)(c2cccc3c2sc2ccc(-c4cccc5c4oc4ccccc45)cc23)c2cccc3c2sc2ccc(-c4cccc5c4sc4ccccc45)cc23)cc1. The van der Waals surface area contributed by atoms with Gasteiger partial charge in [0, 0.05) is 76.9 Å². The largest absolute Gasteiger partial charge is 0.455 e. The van der Waals surface area contributed by atoms with Gasteiger partial charge in [0.2, 0.25) is 0 Å². The van der Waals surface area contributed by atoms with Crippen molar-refractivity contribution in [2.45, 2.75) is 0 Å². The Bertz CT molecular complexity index is 3920. The molecule has 0 aliphatic carbocycles. The van der Waals surface area contributed by atoms with Gasteiger partial charge in [-0.05, 0) is 73.8 Å². The van der Waals surface area contributed by atoms with E-state index >= 15 is 0 Å². The third-order valence-electron chi connectivity index (χ3n) is 13.6. The van der Waals surface area contributed by atoms with E-state index in [1.165, 1.54) is 98.0 Å². The first-order valence-electron chi connectivity index (χ1n) is 22.1. The van der Waals surface area contributed by atoms with Crippen molar-refractivity contribution < 1.29 is 4.42 Å². The molecule has 0 aliphatic heterocycles. The fourth-order valence-electron chi connectivity index (χ4n) is 10.8.